The summed E-state index contributed by atoms with van der Waals surface area (Å²) < 4.78 is 58.3. The number of hydrogen-bond donors (Lipinski definition) is 0. The minimum Gasteiger partial charge on any atom is -0.464 e. The topological polar surface area (TPSA) is 45.7 Å². The molecule has 0 saturated carbocycles. The van der Waals surface area contributed by atoms with Crippen LogP contribution in [0.1, 0.15) is 17.4 Å². The summed E-state index contributed by atoms with van der Waals surface area (Å²) >= 11 is 1.35. The Morgan fingerprint density at radius 3 is 2.53 bits per heavy atom. The molecule has 38 heavy (non-hydrogen) atoms. The first-order chi connectivity index (χ1) is 18.1. The van der Waals surface area contributed by atoms with Crippen LogP contribution in [0.5, 0.6) is 0 Å². The highest BCUT2D eigenvalue weighted by Gasteiger charge is 2.37. The van der Waals surface area contributed by atoms with Crippen molar-refractivity contribution in [3.05, 3.63) is 106 Å². The Morgan fingerprint density at radius 2 is 1.89 bits per heavy atom. The number of carbonyl (C=O) groups is 1. The van der Waals surface area contributed by atoms with Crippen LogP contribution in [-0.2, 0) is 15.7 Å². The summed E-state index contributed by atoms with van der Waals surface area (Å²) in [5.41, 5.74) is 3.35. The van der Waals surface area contributed by atoms with Crippen LogP contribution in [0.25, 0.3) is 17.3 Å². The molecular formula is C28H21F4N3O2S. The van der Waals surface area contributed by atoms with Crippen LogP contribution in [0.2, 0.25) is 0 Å². The minimum absolute atomic E-state index is 0.231. The van der Waals surface area contributed by atoms with Gasteiger partial charge in [0.25, 0.3) is 0 Å². The smallest absolute Gasteiger partial charge is 0.416 e. The predicted molar refractivity (Wildman–Crippen MR) is 140 cm³/mol. The van der Waals surface area contributed by atoms with Gasteiger partial charge in [0.15, 0.2) is 5.13 Å². The summed E-state index contributed by atoms with van der Waals surface area (Å²) in [5, 5.41) is 0.601. The molecule has 0 unspecified atom stereocenters. The molecule has 1 aromatic heterocycles. The van der Waals surface area contributed by atoms with Crippen molar-refractivity contribution >= 4 is 34.2 Å². The number of carbonyl (C=O) groups excluding carboxylic acids is 1. The summed E-state index contributed by atoms with van der Waals surface area (Å²) in [7, 11) is 1.28. The third-order valence-electron chi connectivity index (χ3n) is 6.20. The molecule has 0 radical (unpaired) electrons. The fourth-order valence-electron chi connectivity index (χ4n) is 4.49. The zero-order chi connectivity index (χ0) is 27.2. The highest BCUT2D eigenvalue weighted by molar-refractivity contribution is 7.17. The molecule has 0 atom stereocenters. The second-order valence-corrected chi connectivity index (χ2v) is 9.62. The number of anilines is 2. The SMILES string of the molecule is C=Cc1sc(N2CC(C)=C3C2=CC=C(C(=O)OC)N3c2cccc(F)c2)nc1-c1ccc(C(F)(F)F)cc1. The van der Waals surface area contributed by atoms with E-state index in [1.54, 1.807) is 35.3 Å². The van der Waals surface area contributed by atoms with E-state index < -0.39 is 23.5 Å². The average Bonchev–Trinajstić information content (AvgIpc) is 3.48. The third kappa shape index (κ3) is 4.41. The van der Waals surface area contributed by atoms with Crippen molar-refractivity contribution in [2.24, 2.45) is 0 Å². The van der Waals surface area contributed by atoms with Crippen LogP contribution in [0.3, 0.4) is 0 Å². The Labute approximate surface area is 220 Å². The second-order valence-electron chi connectivity index (χ2n) is 8.61. The molecule has 0 fully saturated rings. The van der Waals surface area contributed by atoms with Gasteiger partial charge in [-0.2, -0.15) is 13.2 Å². The van der Waals surface area contributed by atoms with Gasteiger partial charge in [-0.15, -0.1) is 0 Å². The van der Waals surface area contributed by atoms with Crippen LogP contribution in [0.15, 0.2) is 89.9 Å². The van der Waals surface area contributed by atoms with Gasteiger partial charge in [-0.3, -0.25) is 0 Å². The molecule has 0 saturated heterocycles. The zero-order valence-corrected chi connectivity index (χ0v) is 21.2. The van der Waals surface area contributed by atoms with Gasteiger partial charge < -0.3 is 14.5 Å². The normalized spacial score (nSPS) is 15.3. The summed E-state index contributed by atoms with van der Waals surface area (Å²) in [4.78, 5) is 21.7. The number of benzene rings is 2. The van der Waals surface area contributed by atoms with Crippen molar-refractivity contribution in [1.82, 2.24) is 4.98 Å². The van der Waals surface area contributed by atoms with Gasteiger partial charge in [-0.1, -0.05) is 36.1 Å². The van der Waals surface area contributed by atoms with Crippen molar-refractivity contribution < 1.29 is 27.1 Å². The average molecular weight is 540 g/mol. The molecule has 2 aromatic carbocycles. The van der Waals surface area contributed by atoms with E-state index >= 15 is 0 Å². The number of methoxy groups -OCH3 is 1. The lowest BCUT2D eigenvalue weighted by Gasteiger charge is -2.32. The van der Waals surface area contributed by atoms with Crippen molar-refractivity contribution in [2.75, 3.05) is 23.5 Å². The molecule has 10 heteroatoms. The Kier molecular flexibility index (Phi) is 6.44. The summed E-state index contributed by atoms with van der Waals surface area (Å²) in [6, 6.07) is 10.8. The molecule has 5 nitrogen and oxygen atoms in total. The first kappa shape index (κ1) is 25.5. The van der Waals surface area contributed by atoms with Gasteiger partial charge in [0.2, 0.25) is 0 Å². The van der Waals surface area contributed by atoms with Crippen molar-refractivity contribution in [3.63, 3.8) is 0 Å². The number of hydrogen-bond acceptors (Lipinski definition) is 6. The van der Waals surface area contributed by atoms with Crippen LogP contribution in [0, 0.1) is 5.82 Å². The van der Waals surface area contributed by atoms with Crippen LogP contribution >= 0.6 is 11.3 Å². The summed E-state index contributed by atoms with van der Waals surface area (Å²) in [6.07, 6.45) is 0.579. The van der Waals surface area contributed by atoms with E-state index in [-0.39, 0.29) is 5.70 Å². The lowest BCUT2D eigenvalue weighted by molar-refractivity contribution is -0.138. The molecule has 0 N–H and O–H groups in total. The monoisotopic (exact) mass is 539 g/mol. The molecule has 194 valence electrons. The zero-order valence-electron chi connectivity index (χ0n) is 20.3. The number of rotatable bonds is 5. The van der Waals surface area contributed by atoms with Crippen LogP contribution in [-0.4, -0.2) is 24.6 Å². The molecule has 3 heterocycles. The van der Waals surface area contributed by atoms with Gasteiger partial charge in [0.1, 0.15) is 11.5 Å². The molecule has 0 spiro atoms. The minimum atomic E-state index is -4.43. The van der Waals surface area contributed by atoms with Crippen LogP contribution < -0.4 is 9.80 Å². The van der Waals surface area contributed by atoms with E-state index in [0.717, 1.165) is 23.4 Å². The van der Waals surface area contributed by atoms with E-state index in [4.69, 9.17) is 9.72 Å². The highest BCUT2D eigenvalue weighted by Crippen LogP contribution is 2.44. The summed E-state index contributed by atoms with van der Waals surface area (Å²) in [6.45, 7) is 6.20. The number of fused-ring (bicyclic) bond motifs is 1. The number of nitrogens with zero attached hydrogens (tertiary/aromatic N) is 3. The lowest BCUT2D eigenvalue weighted by atomic mass is 10.1. The molecule has 5 rings (SSSR count). The van der Waals surface area contributed by atoms with E-state index in [1.807, 2.05) is 11.8 Å². The molecule has 0 bridgehead atoms. The highest BCUT2D eigenvalue weighted by atomic mass is 32.1. The van der Waals surface area contributed by atoms with Crippen molar-refractivity contribution in [3.8, 4) is 11.3 Å². The van der Waals surface area contributed by atoms with E-state index in [1.165, 1.54) is 42.7 Å². The number of alkyl halides is 3. The second kappa shape index (κ2) is 9.60. The standard InChI is InChI=1S/C28H21F4N3O2S/c1-4-23-24(17-8-10-18(11-9-17)28(30,31)32)33-27(38-23)34-15-16(2)25-21(34)12-13-22(26(36)37-3)35(25)20-7-5-6-19(29)14-20/h4-14H,1,15H2,2-3H3. The first-order valence-electron chi connectivity index (χ1n) is 11.5. The number of thiazole rings is 1. The first-order valence-corrected chi connectivity index (χ1v) is 12.3. The predicted octanol–water partition coefficient (Wildman–Crippen LogP) is 7.17. The Bertz CT molecular complexity index is 1530. The van der Waals surface area contributed by atoms with Crippen LogP contribution in [0.4, 0.5) is 28.4 Å². The summed E-state index contributed by atoms with van der Waals surface area (Å²) in [5.74, 6) is -1.02. The quantitative estimate of drug-likeness (QED) is 0.254. The number of allylic oxidation sites excluding steroid dienone is 2. The number of esters is 1. The van der Waals surface area contributed by atoms with Gasteiger partial charge in [0.05, 0.1) is 34.6 Å². The van der Waals surface area contributed by atoms with Crippen molar-refractivity contribution in [1.29, 1.82) is 0 Å². The largest absolute Gasteiger partial charge is 0.464 e. The fraction of sp³-hybridized carbons (Fsp3) is 0.143. The molecule has 3 aromatic rings. The van der Waals surface area contributed by atoms with Gasteiger partial charge in [-0.25, -0.2) is 14.2 Å². The fourth-order valence-corrected chi connectivity index (χ4v) is 5.44. The van der Waals surface area contributed by atoms with Gasteiger partial charge >= 0.3 is 12.1 Å². The van der Waals surface area contributed by atoms with Crippen molar-refractivity contribution in [2.45, 2.75) is 13.1 Å². The molecule has 2 aliphatic rings. The third-order valence-corrected chi connectivity index (χ3v) is 7.28. The van der Waals surface area contributed by atoms with Gasteiger partial charge in [-0.05, 0) is 61.1 Å². The Morgan fingerprint density at radius 1 is 1.16 bits per heavy atom. The van der Waals surface area contributed by atoms with E-state index in [2.05, 4.69) is 6.58 Å². The lowest BCUT2D eigenvalue weighted by Crippen LogP contribution is -2.32. The maximum Gasteiger partial charge on any atom is 0.416 e. The van der Waals surface area contributed by atoms with E-state index in [0.29, 0.717) is 39.2 Å². The molecule has 0 aliphatic carbocycles. The Hall–Kier alpha value is -4.18. The maximum atomic E-state index is 14.2. The molecule has 0 amide bonds. The van der Waals surface area contributed by atoms with E-state index in [9.17, 15) is 22.4 Å². The number of halogens is 4. The Balaban J connectivity index is 1.56. The van der Waals surface area contributed by atoms with Gasteiger partial charge in [0, 0.05) is 17.8 Å². The molecule has 2 aliphatic heterocycles. The number of aromatic nitrogens is 1. The number of ether oxygens (including phenoxy) is 1. The molecular weight excluding hydrogens is 518 g/mol. The maximum absolute atomic E-state index is 14.2.